The Bertz CT molecular complexity index is 912. The van der Waals surface area contributed by atoms with E-state index in [-0.39, 0.29) is 16.8 Å². The highest BCUT2D eigenvalue weighted by atomic mass is 35.5. The lowest BCUT2D eigenvalue weighted by Crippen LogP contribution is -2.27. The third-order valence-electron chi connectivity index (χ3n) is 4.24. The minimum atomic E-state index is -3.57. The molecule has 0 bridgehead atoms. The Balaban J connectivity index is 1.41. The number of carbonyl (C=O) groups is 1. The SMILES string of the molecule is O=C(NCCCCOc1ccc(Cl)cc1)c1cccc(S(=O)(=O)NC2CC2)c1. The summed E-state index contributed by atoms with van der Waals surface area (Å²) in [7, 11) is -3.57. The Morgan fingerprint density at radius 3 is 2.57 bits per heavy atom. The summed E-state index contributed by atoms with van der Waals surface area (Å²) in [4.78, 5) is 12.4. The predicted molar refractivity (Wildman–Crippen MR) is 108 cm³/mol. The van der Waals surface area contributed by atoms with E-state index in [0.29, 0.717) is 23.7 Å². The Labute approximate surface area is 170 Å². The van der Waals surface area contributed by atoms with Gasteiger partial charge in [0.2, 0.25) is 10.0 Å². The molecule has 0 heterocycles. The largest absolute Gasteiger partial charge is 0.494 e. The molecule has 3 rings (SSSR count). The number of hydrogen-bond acceptors (Lipinski definition) is 4. The smallest absolute Gasteiger partial charge is 0.251 e. The maximum atomic E-state index is 12.3. The number of halogens is 1. The molecule has 2 N–H and O–H groups in total. The number of rotatable bonds is 10. The maximum absolute atomic E-state index is 12.3. The second-order valence-electron chi connectivity index (χ2n) is 6.69. The minimum absolute atomic E-state index is 0.0255. The standard InChI is InChI=1S/C20H23ClN2O4S/c21-16-6-10-18(11-7-16)27-13-2-1-12-22-20(24)15-4-3-5-19(14-15)28(25,26)23-17-8-9-17/h3-7,10-11,14,17,23H,1-2,8-9,12-13H2,(H,22,24). The van der Waals surface area contributed by atoms with Crippen LogP contribution in [0.15, 0.2) is 53.4 Å². The molecular weight excluding hydrogens is 400 g/mol. The molecule has 0 unspecified atom stereocenters. The third kappa shape index (κ3) is 6.22. The van der Waals surface area contributed by atoms with Crippen molar-refractivity contribution in [1.29, 1.82) is 0 Å². The predicted octanol–water partition coefficient (Wildman–Crippen LogP) is 3.37. The molecular formula is C20H23ClN2O4S. The molecule has 0 aliphatic heterocycles. The van der Waals surface area contributed by atoms with Crippen LogP contribution in [0.1, 0.15) is 36.0 Å². The molecule has 1 aliphatic rings. The van der Waals surface area contributed by atoms with Crippen molar-refractivity contribution >= 4 is 27.5 Å². The molecule has 0 atom stereocenters. The van der Waals surface area contributed by atoms with Crippen LogP contribution in [0.25, 0.3) is 0 Å². The quantitative estimate of drug-likeness (QED) is 0.575. The molecule has 6 nitrogen and oxygen atoms in total. The van der Waals surface area contributed by atoms with Gasteiger partial charge in [0.25, 0.3) is 5.91 Å². The fourth-order valence-electron chi connectivity index (χ4n) is 2.55. The molecule has 2 aromatic carbocycles. The van der Waals surface area contributed by atoms with E-state index >= 15 is 0 Å². The van der Waals surface area contributed by atoms with Crippen molar-refractivity contribution in [3.63, 3.8) is 0 Å². The topological polar surface area (TPSA) is 84.5 Å². The summed E-state index contributed by atoms with van der Waals surface area (Å²) < 4.78 is 32.7. The van der Waals surface area contributed by atoms with E-state index in [1.165, 1.54) is 12.1 Å². The van der Waals surface area contributed by atoms with Gasteiger partial charge in [-0.25, -0.2) is 13.1 Å². The van der Waals surface area contributed by atoms with E-state index in [1.807, 2.05) is 12.1 Å². The Hall–Kier alpha value is -2.09. The molecule has 0 aromatic heterocycles. The molecule has 28 heavy (non-hydrogen) atoms. The summed E-state index contributed by atoms with van der Waals surface area (Å²) in [6, 6.07) is 13.3. The molecule has 0 saturated heterocycles. The van der Waals surface area contributed by atoms with E-state index in [9.17, 15) is 13.2 Å². The second kappa shape index (κ2) is 9.41. The summed E-state index contributed by atoms with van der Waals surface area (Å²) in [6.45, 7) is 1.03. The lowest BCUT2D eigenvalue weighted by atomic mass is 10.2. The van der Waals surface area contributed by atoms with Gasteiger partial charge in [-0.15, -0.1) is 0 Å². The van der Waals surface area contributed by atoms with Crippen molar-refractivity contribution in [2.45, 2.75) is 36.6 Å². The fourth-order valence-corrected chi connectivity index (χ4v) is 4.02. The zero-order chi connectivity index (χ0) is 20.0. The van der Waals surface area contributed by atoms with Crippen molar-refractivity contribution in [3.05, 3.63) is 59.1 Å². The van der Waals surface area contributed by atoms with Gasteiger partial charge in [0.15, 0.2) is 0 Å². The number of carbonyl (C=O) groups excluding carboxylic acids is 1. The van der Waals surface area contributed by atoms with Gasteiger partial charge in [-0.2, -0.15) is 0 Å². The van der Waals surface area contributed by atoms with Crippen LogP contribution in [0.3, 0.4) is 0 Å². The number of sulfonamides is 1. The normalized spacial score (nSPS) is 13.9. The number of nitrogens with one attached hydrogen (secondary N) is 2. The molecule has 8 heteroatoms. The highest BCUT2D eigenvalue weighted by molar-refractivity contribution is 7.89. The van der Waals surface area contributed by atoms with Crippen LogP contribution in [0.2, 0.25) is 5.02 Å². The monoisotopic (exact) mass is 422 g/mol. The molecule has 1 amide bonds. The summed E-state index contributed by atoms with van der Waals surface area (Å²) in [5.41, 5.74) is 0.330. The first-order valence-electron chi connectivity index (χ1n) is 9.23. The average Bonchev–Trinajstić information content (AvgIpc) is 3.49. The number of benzene rings is 2. The first-order chi connectivity index (χ1) is 13.4. The van der Waals surface area contributed by atoms with Crippen LogP contribution in [0.5, 0.6) is 5.75 Å². The number of ether oxygens (including phenoxy) is 1. The zero-order valence-electron chi connectivity index (χ0n) is 15.4. The van der Waals surface area contributed by atoms with Crippen molar-refractivity contribution in [2.24, 2.45) is 0 Å². The van der Waals surface area contributed by atoms with Gasteiger partial charge in [0.05, 0.1) is 11.5 Å². The van der Waals surface area contributed by atoms with E-state index < -0.39 is 10.0 Å². The molecule has 2 aromatic rings. The lowest BCUT2D eigenvalue weighted by molar-refractivity contribution is 0.0952. The van der Waals surface area contributed by atoms with Gasteiger partial charge >= 0.3 is 0 Å². The van der Waals surface area contributed by atoms with Gasteiger partial charge in [-0.05, 0) is 68.1 Å². The molecule has 150 valence electrons. The van der Waals surface area contributed by atoms with E-state index in [0.717, 1.165) is 31.4 Å². The van der Waals surface area contributed by atoms with Crippen LogP contribution in [-0.4, -0.2) is 33.5 Å². The van der Waals surface area contributed by atoms with Crippen molar-refractivity contribution in [2.75, 3.05) is 13.2 Å². The first-order valence-corrected chi connectivity index (χ1v) is 11.1. The molecule has 0 spiro atoms. The average molecular weight is 423 g/mol. The Morgan fingerprint density at radius 1 is 1.11 bits per heavy atom. The van der Waals surface area contributed by atoms with Gasteiger partial charge in [-0.3, -0.25) is 4.79 Å². The number of unbranched alkanes of at least 4 members (excludes halogenated alkanes) is 1. The minimum Gasteiger partial charge on any atom is -0.494 e. The first kappa shape index (κ1) is 20.6. The summed E-state index contributed by atoms with van der Waals surface area (Å²) in [5, 5.41) is 3.47. The van der Waals surface area contributed by atoms with Crippen LogP contribution < -0.4 is 14.8 Å². The fraction of sp³-hybridized carbons (Fsp3) is 0.350. The Morgan fingerprint density at radius 2 is 1.86 bits per heavy atom. The number of hydrogen-bond donors (Lipinski definition) is 2. The van der Waals surface area contributed by atoms with E-state index in [4.69, 9.17) is 16.3 Å². The van der Waals surface area contributed by atoms with Gasteiger partial charge in [-0.1, -0.05) is 17.7 Å². The van der Waals surface area contributed by atoms with E-state index in [1.54, 1.807) is 24.3 Å². The van der Waals surface area contributed by atoms with Gasteiger partial charge in [0.1, 0.15) is 5.75 Å². The van der Waals surface area contributed by atoms with Crippen LogP contribution >= 0.6 is 11.6 Å². The summed E-state index contributed by atoms with van der Waals surface area (Å²) >= 11 is 5.82. The molecule has 1 saturated carbocycles. The van der Waals surface area contributed by atoms with Gasteiger partial charge in [0, 0.05) is 23.2 Å². The van der Waals surface area contributed by atoms with Crippen molar-refractivity contribution in [3.8, 4) is 5.75 Å². The van der Waals surface area contributed by atoms with Crippen molar-refractivity contribution in [1.82, 2.24) is 10.0 Å². The lowest BCUT2D eigenvalue weighted by Gasteiger charge is -2.09. The third-order valence-corrected chi connectivity index (χ3v) is 6.01. The molecule has 1 fully saturated rings. The second-order valence-corrected chi connectivity index (χ2v) is 8.84. The van der Waals surface area contributed by atoms with E-state index in [2.05, 4.69) is 10.0 Å². The van der Waals surface area contributed by atoms with Crippen LogP contribution in [0, 0.1) is 0 Å². The summed E-state index contributed by atoms with van der Waals surface area (Å²) in [6.07, 6.45) is 3.26. The zero-order valence-corrected chi connectivity index (χ0v) is 16.9. The van der Waals surface area contributed by atoms with Crippen LogP contribution in [0.4, 0.5) is 0 Å². The Kier molecular flexibility index (Phi) is 6.93. The number of amides is 1. The highest BCUT2D eigenvalue weighted by Crippen LogP contribution is 2.22. The van der Waals surface area contributed by atoms with Crippen LogP contribution in [-0.2, 0) is 10.0 Å². The van der Waals surface area contributed by atoms with Gasteiger partial charge < -0.3 is 10.1 Å². The highest BCUT2D eigenvalue weighted by Gasteiger charge is 2.28. The molecule has 1 aliphatic carbocycles. The molecule has 0 radical (unpaired) electrons. The maximum Gasteiger partial charge on any atom is 0.251 e. The van der Waals surface area contributed by atoms with Crippen molar-refractivity contribution < 1.29 is 17.9 Å². The summed E-state index contributed by atoms with van der Waals surface area (Å²) in [5.74, 6) is 0.466.